The van der Waals surface area contributed by atoms with E-state index < -0.39 is 149 Å². The van der Waals surface area contributed by atoms with E-state index in [1.165, 1.54) is 0 Å². The molecule has 54 heavy (non-hydrogen) atoms. The molecule has 0 bridgehead atoms. The topological polar surface area (TPSA) is 376 Å². The SMILES string of the molecule is OC[C@H]1O[C@H](O[C@H]2[C@@H](O)[C@@H](CO)O[C@@H](OCCOCCOCCO[C@@H]3O[C@H](CO)[C@H](O)[C@H](O[C@H]4O[C@H](CO)[C@H](O)[C@H](O)[C@H]4O)[C@H]3O)[C@@H]2O)[C@H](O)[C@@H](O)[C@H]1O. The summed E-state index contributed by atoms with van der Waals surface area (Å²) < 4.78 is 54.3. The van der Waals surface area contributed by atoms with Gasteiger partial charge in [0.05, 0.1) is 66.1 Å². The predicted octanol–water partition coefficient (Wildman–Crippen LogP) is -9.70. The Bertz CT molecular complexity index is 981. The summed E-state index contributed by atoms with van der Waals surface area (Å²) in [5, 5.41) is 141. The third kappa shape index (κ3) is 10.9. The minimum atomic E-state index is -1.82. The summed E-state index contributed by atoms with van der Waals surface area (Å²) >= 11 is 0. The highest BCUT2D eigenvalue weighted by Gasteiger charge is 2.52. The van der Waals surface area contributed by atoms with Gasteiger partial charge in [-0.25, -0.2) is 0 Å². The van der Waals surface area contributed by atoms with Gasteiger partial charge < -0.3 is 119 Å². The maximum absolute atomic E-state index is 10.8. The lowest BCUT2D eigenvalue weighted by Crippen LogP contribution is -2.64. The van der Waals surface area contributed by atoms with Crippen molar-refractivity contribution < 1.29 is 119 Å². The second kappa shape index (κ2) is 21.7. The van der Waals surface area contributed by atoms with Gasteiger partial charge in [-0.2, -0.15) is 0 Å². The molecule has 0 radical (unpaired) electrons. The quantitative estimate of drug-likeness (QED) is 0.0539. The van der Waals surface area contributed by atoms with Gasteiger partial charge in [0.2, 0.25) is 0 Å². The summed E-state index contributed by atoms with van der Waals surface area (Å²) in [6.45, 7) is -3.21. The van der Waals surface area contributed by atoms with Crippen molar-refractivity contribution in [3.05, 3.63) is 0 Å². The Morgan fingerprint density at radius 3 is 0.944 bits per heavy atom. The predicted molar refractivity (Wildman–Crippen MR) is 166 cm³/mol. The third-order valence-electron chi connectivity index (χ3n) is 9.31. The van der Waals surface area contributed by atoms with E-state index in [0.29, 0.717) is 0 Å². The first kappa shape index (κ1) is 45.7. The summed E-state index contributed by atoms with van der Waals surface area (Å²) in [7, 11) is 0. The monoisotopic (exact) mass is 798 g/mol. The van der Waals surface area contributed by atoms with E-state index in [4.69, 9.17) is 47.4 Å². The zero-order chi connectivity index (χ0) is 39.7. The van der Waals surface area contributed by atoms with Crippen LogP contribution in [-0.2, 0) is 47.4 Å². The fraction of sp³-hybridized carbons (Fsp3) is 1.00. The van der Waals surface area contributed by atoms with E-state index in [1.54, 1.807) is 0 Å². The van der Waals surface area contributed by atoms with Crippen molar-refractivity contribution in [2.24, 2.45) is 0 Å². The summed E-state index contributed by atoms with van der Waals surface area (Å²) in [6.07, 6.45) is -31.9. The van der Waals surface area contributed by atoms with Gasteiger partial charge in [0.15, 0.2) is 25.2 Å². The van der Waals surface area contributed by atoms with Crippen LogP contribution in [0.4, 0.5) is 0 Å². The molecule has 4 aliphatic rings. The summed E-state index contributed by atoms with van der Waals surface area (Å²) in [5.41, 5.74) is 0. The van der Waals surface area contributed by atoms with Crippen molar-refractivity contribution in [2.75, 3.05) is 66.1 Å². The molecule has 24 nitrogen and oxygen atoms in total. The average molecular weight is 799 g/mol. The summed E-state index contributed by atoms with van der Waals surface area (Å²) in [4.78, 5) is 0. The molecule has 4 aliphatic heterocycles. The minimum Gasteiger partial charge on any atom is -0.394 e. The largest absolute Gasteiger partial charge is 0.394 e. The van der Waals surface area contributed by atoms with Gasteiger partial charge in [-0.1, -0.05) is 0 Å². The van der Waals surface area contributed by atoms with E-state index in [-0.39, 0.29) is 39.6 Å². The molecule has 24 heteroatoms. The molecule has 20 atom stereocenters. The van der Waals surface area contributed by atoms with Crippen LogP contribution in [0.3, 0.4) is 0 Å². The van der Waals surface area contributed by atoms with E-state index in [2.05, 4.69) is 0 Å². The highest BCUT2D eigenvalue weighted by atomic mass is 16.8. The van der Waals surface area contributed by atoms with Crippen LogP contribution in [0.2, 0.25) is 0 Å². The van der Waals surface area contributed by atoms with Gasteiger partial charge >= 0.3 is 0 Å². The highest BCUT2D eigenvalue weighted by Crippen LogP contribution is 2.31. The van der Waals surface area contributed by atoms with Crippen molar-refractivity contribution in [3.63, 3.8) is 0 Å². The second-order valence-electron chi connectivity index (χ2n) is 13.0. The van der Waals surface area contributed by atoms with Gasteiger partial charge in [-0.05, 0) is 0 Å². The van der Waals surface area contributed by atoms with Crippen molar-refractivity contribution in [1.82, 2.24) is 0 Å². The van der Waals surface area contributed by atoms with Gasteiger partial charge in [0.1, 0.15) is 97.7 Å². The summed E-state index contributed by atoms with van der Waals surface area (Å²) in [5.74, 6) is 0. The van der Waals surface area contributed by atoms with Crippen LogP contribution in [0.15, 0.2) is 0 Å². The Balaban J connectivity index is 1.15. The Hall–Kier alpha value is -0.960. The molecular weight excluding hydrogens is 744 g/mol. The first-order valence-electron chi connectivity index (χ1n) is 17.3. The van der Waals surface area contributed by atoms with E-state index in [1.807, 2.05) is 0 Å². The molecule has 4 fully saturated rings. The molecule has 0 aromatic rings. The molecule has 0 spiro atoms. The zero-order valence-corrected chi connectivity index (χ0v) is 29.0. The van der Waals surface area contributed by atoms with Crippen LogP contribution in [0, 0.1) is 0 Å². The summed E-state index contributed by atoms with van der Waals surface area (Å²) in [6, 6.07) is 0. The molecule has 4 rings (SSSR count). The molecule has 318 valence electrons. The number of hydrogen-bond acceptors (Lipinski definition) is 24. The van der Waals surface area contributed by atoms with Crippen molar-refractivity contribution in [2.45, 2.75) is 123 Å². The van der Waals surface area contributed by atoms with Crippen LogP contribution >= 0.6 is 0 Å². The Kier molecular flexibility index (Phi) is 18.4. The van der Waals surface area contributed by atoms with Crippen LogP contribution in [0.5, 0.6) is 0 Å². The smallest absolute Gasteiger partial charge is 0.187 e. The Morgan fingerprint density at radius 1 is 0.315 bits per heavy atom. The first-order chi connectivity index (χ1) is 25.8. The molecule has 4 heterocycles. The molecule has 0 aromatic heterocycles. The Labute approximate surface area is 308 Å². The molecule has 0 unspecified atom stereocenters. The zero-order valence-electron chi connectivity index (χ0n) is 29.0. The standard InChI is InChI=1S/C30H54O24/c31-7-11-15(35)19(39)21(41)29(51-11)53-25-17(37)13(9-33)49-27(23(25)43)47-5-3-45-1-2-46-4-6-48-28-24(44)26(18(38)14(10-34)50-28)54-30-22(42)20(40)16(36)12(8-32)52-30/h11-44H,1-10H2/t11-,12-,13-,14-,15+,16+,17+,18+,19+,20+,21-,22-,23-,24-,25+,26+,27-,28-,29-,30-/m1/s1. The lowest BCUT2D eigenvalue weighted by Gasteiger charge is -2.45. The molecular formula is C30H54O24. The minimum absolute atomic E-state index is 0.0418. The van der Waals surface area contributed by atoms with Gasteiger partial charge in [0, 0.05) is 0 Å². The average Bonchev–Trinajstić information content (AvgIpc) is 3.16. The molecule has 0 aliphatic carbocycles. The number of aliphatic hydroxyl groups is 14. The number of aliphatic hydroxyl groups excluding tert-OH is 14. The van der Waals surface area contributed by atoms with Crippen LogP contribution in [0.1, 0.15) is 0 Å². The lowest BCUT2D eigenvalue weighted by atomic mass is 9.97. The maximum Gasteiger partial charge on any atom is 0.187 e. The molecule has 0 aromatic carbocycles. The molecule has 0 saturated carbocycles. The highest BCUT2D eigenvalue weighted by molar-refractivity contribution is 4.95. The first-order valence-corrected chi connectivity index (χ1v) is 17.3. The van der Waals surface area contributed by atoms with Crippen molar-refractivity contribution >= 4 is 0 Å². The van der Waals surface area contributed by atoms with Crippen molar-refractivity contribution in [1.29, 1.82) is 0 Å². The van der Waals surface area contributed by atoms with Gasteiger partial charge in [-0.15, -0.1) is 0 Å². The molecule has 4 saturated heterocycles. The lowest BCUT2D eigenvalue weighted by molar-refractivity contribution is -0.360. The Morgan fingerprint density at radius 2 is 0.611 bits per heavy atom. The maximum atomic E-state index is 10.8. The normalized spacial score (nSPS) is 46.1. The van der Waals surface area contributed by atoms with Crippen LogP contribution in [0.25, 0.3) is 0 Å². The van der Waals surface area contributed by atoms with Crippen molar-refractivity contribution in [3.8, 4) is 0 Å². The second-order valence-corrected chi connectivity index (χ2v) is 13.0. The van der Waals surface area contributed by atoms with E-state index in [9.17, 15) is 71.5 Å². The van der Waals surface area contributed by atoms with E-state index in [0.717, 1.165) is 0 Å². The molecule has 14 N–H and O–H groups in total. The van der Waals surface area contributed by atoms with Crippen LogP contribution in [-0.4, -0.2) is 260 Å². The van der Waals surface area contributed by atoms with E-state index >= 15 is 0 Å². The fourth-order valence-electron chi connectivity index (χ4n) is 6.14. The third-order valence-corrected chi connectivity index (χ3v) is 9.31. The van der Waals surface area contributed by atoms with Gasteiger partial charge in [-0.3, -0.25) is 0 Å². The number of rotatable bonds is 19. The van der Waals surface area contributed by atoms with Crippen LogP contribution < -0.4 is 0 Å². The number of ether oxygens (including phenoxy) is 10. The van der Waals surface area contributed by atoms with Gasteiger partial charge in [0.25, 0.3) is 0 Å². The molecule has 0 amide bonds. The fourth-order valence-corrected chi connectivity index (χ4v) is 6.14. The number of hydrogen-bond donors (Lipinski definition) is 14.